The Kier molecular flexibility index (Phi) is 2.46. The molecule has 0 N–H and O–H groups in total. The lowest BCUT2D eigenvalue weighted by Crippen LogP contribution is -1.79. The predicted molar refractivity (Wildman–Crippen MR) is 50.0 cm³/mol. The summed E-state index contributed by atoms with van der Waals surface area (Å²) in [6.45, 7) is 2.09. The highest BCUT2D eigenvalue weighted by Gasteiger charge is 1.88. The van der Waals surface area contributed by atoms with E-state index in [0.717, 1.165) is 10.2 Å². The fraction of sp³-hybridized carbons (Fsp3) is 0.111. The first-order valence-electron chi connectivity index (χ1n) is 3.53. The summed E-state index contributed by atoms with van der Waals surface area (Å²) in [6, 6.07) is 10.5. The number of allylic oxidation sites excluding steroid dienone is 1. The smallest absolute Gasteiger partial charge is 0.0388 e. The van der Waals surface area contributed by atoms with E-state index in [9.17, 15) is 0 Å². The van der Waals surface area contributed by atoms with Gasteiger partial charge < -0.3 is 0 Å². The van der Waals surface area contributed by atoms with Crippen molar-refractivity contribution in [2.45, 2.75) is 6.92 Å². The number of hydrogen-bond acceptors (Lipinski definition) is 0. The Labute approximate surface area is 65.0 Å². The Morgan fingerprint density at radius 2 is 1.90 bits per heavy atom. The van der Waals surface area contributed by atoms with Crippen LogP contribution in [0.2, 0.25) is 0 Å². The lowest BCUT2D eigenvalue weighted by Gasteiger charge is -1.97. The second-order valence-electron chi connectivity index (χ2n) is 2.34. The van der Waals surface area contributed by atoms with Crippen LogP contribution < -0.4 is 0 Å². The normalized spacial score (nSPS) is 11.9. The number of benzene rings is 1. The van der Waals surface area contributed by atoms with Crippen LogP contribution in [0.3, 0.4) is 0 Å². The Bertz CT molecular complexity index is 224. The molecule has 0 unspecified atom stereocenters. The van der Waals surface area contributed by atoms with Gasteiger partial charge in [-0.15, -0.1) is 0 Å². The standard InChI is InChI=1S/C9H12Si/c1-2-9(10)8-6-4-3-5-7-8/h2-7H,1,10H3. The number of hydrogen-bond donors (Lipinski definition) is 0. The first kappa shape index (κ1) is 7.29. The lowest BCUT2D eigenvalue weighted by molar-refractivity contribution is 1.63. The molecule has 52 valence electrons. The second-order valence-corrected chi connectivity index (χ2v) is 3.42. The van der Waals surface area contributed by atoms with E-state index in [2.05, 4.69) is 37.3 Å². The molecule has 0 aliphatic rings. The van der Waals surface area contributed by atoms with Gasteiger partial charge in [0.1, 0.15) is 0 Å². The average molecular weight is 148 g/mol. The molecule has 0 atom stereocenters. The molecule has 0 saturated carbocycles. The number of rotatable bonds is 1. The molecule has 0 saturated heterocycles. The minimum atomic E-state index is 1.14. The molecule has 0 amide bonds. The van der Waals surface area contributed by atoms with Gasteiger partial charge in [0.15, 0.2) is 0 Å². The molecule has 1 aromatic rings. The van der Waals surface area contributed by atoms with Crippen LogP contribution >= 0.6 is 0 Å². The molecule has 0 nitrogen and oxygen atoms in total. The molecule has 0 aliphatic carbocycles. The van der Waals surface area contributed by atoms with E-state index in [0.29, 0.717) is 0 Å². The summed E-state index contributed by atoms with van der Waals surface area (Å²) in [6.07, 6.45) is 2.18. The Hall–Kier alpha value is -0.823. The highest BCUT2D eigenvalue weighted by Crippen LogP contribution is 2.08. The minimum absolute atomic E-state index is 1.14. The zero-order valence-electron chi connectivity index (χ0n) is 6.46. The van der Waals surface area contributed by atoms with E-state index in [1.54, 1.807) is 0 Å². The van der Waals surface area contributed by atoms with Crippen LogP contribution in [-0.2, 0) is 0 Å². The quantitative estimate of drug-likeness (QED) is 0.528. The highest BCUT2D eigenvalue weighted by atomic mass is 28.1. The molecule has 1 rings (SSSR count). The highest BCUT2D eigenvalue weighted by molar-refractivity contribution is 6.42. The largest absolute Gasteiger partial charge is 0.0888 e. The van der Waals surface area contributed by atoms with Crippen molar-refractivity contribution in [2.24, 2.45) is 0 Å². The zero-order chi connectivity index (χ0) is 7.40. The third kappa shape index (κ3) is 1.58. The van der Waals surface area contributed by atoms with Crippen LogP contribution in [0, 0.1) is 0 Å². The molecule has 0 radical (unpaired) electrons. The van der Waals surface area contributed by atoms with Crippen LogP contribution in [0.5, 0.6) is 0 Å². The van der Waals surface area contributed by atoms with Gasteiger partial charge in [-0.2, -0.15) is 0 Å². The van der Waals surface area contributed by atoms with Crippen LogP contribution in [0.1, 0.15) is 12.5 Å². The molecule has 0 aliphatic heterocycles. The zero-order valence-corrected chi connectivity index (χ0v) is 8.46. The van der Waals surface area contributed by atoms with Gasteiger partial charge in [0, 0.05) is 10.2 Å². The van der Waals surface area contributed by atoms with Gasteiger partial charge in [-0.3, -0.25) is 0 Å². The lowest BCUT2D eigenvalue weighted by atomic mass is 10.2. The first-order chi connectivity index (χ1) is 4.84. The van der Waals surface area contributed by atoms with Crippen LogP contribution in [0.25, 0.3) is 5.20 Å². The van der Waals surface area contributed by atoms with Gasteiger partial charge in [-0.1, -0.05) is 41.6 Å². The van der Waals surface area contributed by atoms with Crippen LogP contribution in [-0.4, -0.2) is 10.2 Å². The summed E-state index contributed by atoms with van der Waals surface area (Å²) >= 11 is 0. The molecule has 0 heterocycles. The van der Waals surface area contributed by atoms with Crippen molar-refractivity contribution in [3.8, 4) is 0 Å². The van der Waals surface area contributed by atoms with Crippen molar-refractivity contribution in [1.29, 1.82) is 0 Å². The van der Waals surface area contributed by atoms with Gasteiger partial charge in [0.05, 0.1) is 0 Å². The monoisotopic (exact) mass is 148 g/mol. The summed E-state index contributed by atoms with van der Waals surface area (Å²) in [7, 11) is 1.14. The van der Waals surface area contributed by atoms with Crippen molar-refractivity contribution in [1.82, 2.24) is 0 Å². The molecule has 0 fully saturated rings. The first-order valence-corrected chi connectivity index (χ1v) is 4.53. The van der Waals surface area contributed by atoms with E-state index in [1.807, 2.05) is 6.07 Å². The second kappa shape index (κ2) is 3.37. The fourth-order valence-corrected chi connectivity index (χ4v) is 1.20. The summed E-state index contributed by atoms with van der Waals surface area (Å²) in [4.78, 5) is 0. The topological polar surface area (TPSA) is 0 Å². The van der Waals surface area contributed by atoms with Crippen molar-refractivity contribution in [3.05, 3.63) is 42.0 Å². The van der Waals surface area contributed by atoms with Crippen molar-refractivity contribution >= 4 is 15.4 Å². The molecular weight excluding hydrogens is 136 g/mol. The molecule has 0 spiro atoms. The van der Waals surface area contributed by atoms with Gasteiger partial charge >= 0.3 is 0 Å². The van der Waals surface area contributed by atoms with Gasteiger partial charge in [-0.05, 0) is 12.5 Å². The van der Waals surface area contributed by atoms with Gasteiger partial charge in [-0.25, -0.2) is 0 Å². The predicted octanol–water partition coefficient (Wildman–Crippen LogP) is 1.41. The fourth-order valence-electron chi connectivity index (χ4n) is 0.868. The minimum Gasteiger partial charge on any atom is -0.0888 e. The molecule has 0 aromatic heterocycles. The SMILES string of the molecule is CC=C([SiH3])c1ccccc1. The average Bonchev–Trinajstić information content (AvgIpc) is 2.05. The maximum absolute atomic E-state index is 2.18. The molecule has 10 heavy (non-hydrogen) atoms. The summed E-state index contributed by atoms with van der Waals surface area (Å²) < 4.78 is 0. The van der Waals surface area contributed by atoms with E-state index >= 15 is 0 Å². The summed E-state index contributed by atoms with van der Waals surface area (Å²) in [5.74, 6) is 0. The van der Waals surface area contributed by atoms with Gasteiger partial charge in [0.25, 0.3) is 0 Å². The van der Waals surface area contributed by atoms with Crippen LogP contribution in [0.4, 0.5) is 0 Å². The van der Waals surface area contributed by atoms with E-state index < -0.39 is 0 Å². The van der Waals surface area contributed by atoms with E-state index in [-0.39, 0.29) is 0 Å². The van der Waals surface area contributed by atoms with E-state index in [4.69, 9.17) is 0 Å². The van der Waals surface area contributed by atoms with Crippen molar-refractivity contribution in [3.63, 3.8) is 0 Å². The summed E-state index contributed by atoms with van der Waals surface area (Å²) in [5.41, 5.74) is 1.37. The molecule has 1 heteroatoms. The van der Waals surface area contributed by atoms with E-state index in [1.165, 1.54) is 10.8 Å². The Balaban J connectivity index is 2.96. The Morgan fingerprint density at radius 3 is 2.40 bits per heavy atom. The Morgan fingerprint density at radius 1 is 1.30 bits per heavy atom. The van der Waals surface area contributed by atoms with Crippen molar-refractivity contribution < 1.29 is 0 Å². The van der Waals surface area contributed by atoms with Crippen molar-refractivity contribution in [2.75, 3.05) is 0 Å². The maximum atomic E-state index is 2.18. The summed E-state index contributed by atoms with van der Waals surface area (Å²) in [5, 5.41) is 1.47. The molecule has 1 aromatic carbocycles. The van der Waals surface area contributed by atoms with Crippen LogP contribution in [0.15, 0.2) is 36.4 Å². The molecular formula is C9H12Si. The van der Waals surface area contributed by atoms with Gasteiger partial charge in [0.2, 0.25) is 0 Å². The third-order valence-corrected chi connectivity index (χ3v) is 2.82. The maximum Gasteiger partial charge on any atom is 0.0388 e. The third-order valence-electron chi connectivity index (χ3n) is 1.66. The molecule has 0 bridgehead atoms.